The second kappa shape index (κ2) is 6.03. The van der Waals surface area contributed by atoms with Crippen LogP contribution in [0.15, 0.2) is 28.7 Å². The number of nitrogens with zero attached hydrogens (tertiary/aromatic N) is 1. The van der Waals surface area contributed by atoms with E-state index in [4.69, 9.17) is 9.15 Å². The lowest BCUT2D eigenvalue weighted by Gasteiger charge is -2.23. The zero-order valence-corrected chi connectivity index (χ0v) is 14.5. The van der Waals surface area contributed by atoms with Gasteiger partial charge in [0.05, 0.1) is 5.56 Å². The van der Waals surface area contributed by atoms with Crippen molar-refractivity contribution in [2.24, 2.45) is 0 Å². The summed E-state index contributed by atoms with van der Waals surface area (Å²) in [7, 11) is 0. The van der Waals surface area contributed by atoms with Crippen molar-refractivity contribution in [3.05, 3.63) is 35.6 Å². The molecular weight excluding hydrogens is 351 g/mol. The number of benzene rings is 1. The van der Waals surface area contributed by atoms with Crippen molar-refractivity contribution in [3.63, 3.8) is 0 Å². The highest BCUT2D eigenvalue weighted by Gasteiger charge is 2.39. The first-order valence-corrected chi connectivity index (χ1v) is 8.08. The van der Waals surface area contributed by atoms with Crippen LogP contribution in [-0.2, 0) is 15.7 Å². The molecule has 0 saturated carbocycles. The van der Waals surface area contributed by atoms with Crippen molar-refractivity contribution in [1.29, 1.82) is 0 Å². The topological polar surface area (TPSA) is 59.8 Å². The summed E-state index contributed by atoms with van der Waals surface area (Å²) in [4.78, 5) is 25.2. The summed E-state index contributed by atoms with van der Waals surface area (Å²) in [6, 6.07) is 4.69. The Labute approximate surface area is 147 Å². The van der Waals surface area contributed by atoms with Crippen LogP contribution in [-0.4, -0.2) is 29.0 Å². The van der Waals surface area contributed by atoms with E-state index >= 15 is 0 Å². The lowest BCUT2D eigenvalue weighted by molar-refractivity contribution is -0.137. The third-order valence-electron chi connectivity index (χ3n) is 4.00. The summed E-state index contributed by atoms with van der Waals surface area (Å²) < 4.78 is 49.2. The molecule has 1 aromatic carbocycles. The molecule has 5 nitrogen and oxygen atoms in total. The predicted molar refractivity (Wildman–Crippen MR) is 86.5 cm³/mol. The Balaban J connectivity index is 1.82. The SMILES string of the molecule is CC(C)(C)OC(=O)N1CC(c2cc3cc(C(F)(F)F)ccc3o2)CC1=O. The fourth-order valence-electron chi connectivity index (χ4n) is 2.83. The maximum absolute atomic E-state index is 12.8. The Kier molecular flexibility index (Phi) is 4.24. The second-order valence-electron chi connectivity index (χ2n) is 7.28. The molecule has 1 aliphatic heterocycles. The largest absolute Gasteiger partial charge is 0.461 e. The van der Waals surface area contributed by atoms with Crippen LogP contribution in [0, 0.1) is 0 Å². The van der Waals surface area contributed by atoms with E-state index in [0.29, 0.717) is 16.7 Å². The molecule has 8 heteroatoms. The Morgan fingerprint density at radius 3 is 2.54 bits per heavy atom. The van der Waals surface area contributed by atoms with Crippen LogP contribution < -0.4 is 0 Å². The van der Waals surface area contributed by atoms with Gasteiger partial charge < -0.3 is 9.15 Å². The number of ether oxygens (including phenoxy) is 1. The number of fused-ring (bicyclic) bond motifs is 1. The Hall–Kier alpha value is -2.51. The molecule has 140 valence electrons. The molecule has 2 aromatic rings. The van der Waals surface area contributed by atoms with E-state index in [-0.39, 0.29) is 13.0 Å². The second-order valence-corrected chi connectivity index (χ2v) is 7.28. The lowest BCUT2D eigenvalue weighted by Crippen LogP contribution is -2.37. The molecule has 3 rings (SSSR count). The van der Waals surface area contributed by atoms with Gasteiger partial charge in [-0.3, -0.25) is 4.79 Å². The zero-order chi connectivity index (χ0) is 19.3. The first-order chi connectivity index (χ1) is 11.9. The fourth-order valence-corrected chi connectivity index (χ4v) is 2.83. The number of hydrogen-bond donors (Lipinski definition) is 0. The van der Waals surface area contributed by atoms with E-state index in [1.165, 1.54) is 12.1 Å². The average Bonchev–Trinajstić information content (AvgIpc) is 3.06. The summed E-state index contributed by atoms with van der Waals surface area (Å²) in [6.07, 6.45) is -5.14. The fraction of sp³-hybridized carbons (Fsp3) is 0.444. The maximum Gasteiger partial charge on any atom is 0.417 e. The zero-order valence-electron chi connectivity index (χ0n) is 14.5. The summed E-state index contributed by atoms with van der Waals surface area (Å²) in [5.41, 5.74) is -1.20. The summed E-state index contributed by atoms with van der Waals surface area (Å²) >= 11 is 0. The highest BCUT2D eigenvalue weighted by atomic mass is 19.4. The molecule has 1 aliphatic rings. The van der Waals surface area contributed by atoms with Crippen molar-refractivity contribution in [3.8, 4) is 0 Å². The first-order valence-electron chi connectivity index (χ1n) is 8.08. The Bertz CT molecular complexity index is 863. The number of hydrogen-bond acceptors (Lipinski definition) is 4. The number of furan rings is 1. The average molecular weight is 369 g/mol. The smallest absolute Gasteiger partial charge is 0.417 e. The molecular formula is C18H18F3NO4. The quantitative estimate of drug-likeness (QED) is 0.731. The number of alkyl halides is 3. The van der Waals surface area contributed by atoms with E-state index in [1.807, 2.05) is 0 Å². The monoisotopic (exact) mass is 369 g/mol. The van der Waals surface area contributed by atoms with Crippen LogP contribution in [0.4, 0.5) is 18.0 Å². The molecule has 0 spiro atoms. The molecule has 0 bridgehead atoms. The van der Waals surface area contributed by atoms with Crippen LogP contribution >= 0.6 is 0 Å². The van der Waals surface area contributed by atoms with Gasteiger partial charge in [-0.05, 0) is 45.0 Å². The molecule has 1 atom stereocenters. The molecule has 1 aromatic heterocycles. The highest BCUT2D eigenvalue weighted by molar-refractivity contribution is 5.94. The van der Waals surface area contributed by atoms with Crippen molar-refractivity contribution in [2.75, 3.05) is 6.54 Å². The Morgan fingerprint density at radius 2 is 1.92 bits per heavy atom. The van der Waals surface area contributed by atoms with Crippen LogP contribution in [0.2, 0.25) is 0 Å². The minimum absolute atomic E-state index is 0.0329. The van der Waals surface area contributed by atoms with Gasteiger partial charge in [0, 0.05) is 24.3 Å². The summed E-state index contributed by atoms with van der Waals surface area (Å²) in [5, 5.41) is 0.304. The molecule has 26 heavy (non-hydrogen) atoms. The predicted octanol–water partition coefficient (Wildman–Crippen LogP) is 4.70. The van der Waals surface area contributed by atoms with Crippen molar-refractivity contribution in [1.82, 2.24) is 4.90 Å². The van der Waals surface area contributed by atoms with Crippen molar-refractivity contribution < 1.29 is 31.9 Å². The number of imide groups is 1. The van der Waals surface area contributed by atoms with Gasteiger partial charge in [-0.25, -0.2) is 9.69 Å². The Morgan fingerprint density at radius 1 is 1.23 bits per heavy atom. The minimum Gasteiger partial charge on any atom is -0.461 e. The molecule has 1 fully saturated rings. The van der Waals surface area contributed by atoms with E-state index in [2.05, 4.69) is 0 Å². The molecule has 1 saturated heterocycles. The number of amides is 2. The van der Waals surface area contributed by atoms with Crippen LogP contribution in [0.1, 0.15) is 44.4 Å². The molecule has 1 unspecified atom stereocenters. The lowest BCUT2D eigenvalue weighted by atomic mass is 10.1. The number of carbonyl (C=O) groups is 2. The molecule has 0 aliphatic carbocycles. The summed E-state index contributed by atoms with van der Waals surface area (Å²) in [6.45, 7) is 5.15. The van der Waals surface area contributed by atoms with Gasteiger partial charge in [0.2, 0.25) is 5.91 Å². The van der Waals surface area contributed by atoms with Crippen molar-refractivity contribution in [2.45, 2.75) is 44.9 Å². The van der Waals surface area contributed by atoms with Gasteiger partial charge in [-0.2, -0.15) is 13.2 Å². The van der Waals surface area contributed by atoms with Gasteiger partial charge in [0.15, 0.2) is 0 Å². The number of likely N-dealkylation sites (tertiary alicyclic amines) is 1. The molecule has 2 heterocycles. The van der Waals surface area contributed by atoms with Crippen molar-refractivity contribution >= 4 is 23.0 Å². The van der Waals surface area contributed by atoms with E-state index < -0.39 is 35.3 Å². The summed E-state index contributed by atoms with van der Waals surface area (Å²) in [5.74, 6) is -0.448. The van der Waals surface area contributed by atoms with E-state index in [1.54, 1.807) is 20.8 Å². The molecule has 0 N–H and O–H groups in total. The van der Waals surface area contributed by atoms with E-state index in [9.17, 15) is 22.8 Å². The van der Waals surface area contributed by atoms with Gasteiger partial charge >= 0.3 is 12.3 Å². The number of halogens is 3. The van der Waals surface area contributed by atoms with Gasteiger partial charge in [-0.1, -0.05) is 0 Å². The standard InChI is InChI=1S/C18H18F3NO4/c1-17(2,3)26-16(24)22-9-11(8-15(22)23)14-7-10-6-12(18(19,20)21)4-5-13(10)25-14/h4-7,11H,8-9H2,1-3H3. The van der Waals surface area contributed by atoms with Crippen LogP contribution in [0.25, 0.3) is 11.0 Å². The third-order valence-corrected chi connectivity index (χ3v) is 4.00. The van der Waals surface area contributed by atoms with Gasteiger partial charge in [0.1, 0.15) is 16.9 Å². The van der Waals surface area contributed by atoms with E-state index in [0.717, 1.165) is 17.0 Å². The minimum atomic E-state index is -4.44. The molecule has 2 amide bonds. The van der Waals surface area contributed by atoms with Crippen LogP contribution in [0.5, 0.6) is 0 Å². The number of rotatable bonds is 1. The first kappa shape index (κ1) is 18.3. The highest BCUT2D eigenvalue weighted by Crippen LogP contribution is 2.36. The number of carbonyl (C=O) groups excluding carboxylic acids is 2. The van der Waals surface area contributed by atoms with Gasteiger partial charge in [-0.15, -0.1) is 0 Å². The normalized spacial score (nSPS) is 18.6. The van der Waals surface area contributed by atoms with Gasteiger partial charge in [0.25, 0.3) is 0 Å². The maximum atomic E-state index is 12.8. The molecule has 0 radical (unpaired) electrons. The van der Waals surface area contributed by atoms with Crippen LogP contribution in [0.3, 0.4) is 0 Å². The third kappa shape index (κ3) is 3.68.